The number of carbonyl (C=O) groups excluding carboxylic acids is 1. The van der Waals surface area contributed by atoms with Gasteiger partial charge in [-0.05, 0) is 44.4 Å². The molecule has 2 aromatic heterocycles. The number of aryl methyl sites for hydroxylation is 1. The minimum Gasteiger partial charge on any atom is -0.463 e. The number of ether oxygens (including phenoxy) is 1. The number of aromatic nitrogens is 4. The molecule has 0 aromatic carbocycles. The van der Waals surface area contributed by atoms with Gasteiger partial charge in [0.25, 0.3) is 11.6 Å². The third-order valence-electron chi connectivity index (χ3n) is 5.28. The van der Waals surface area contributed by atoms with Gasteiger partial charge in [0.15, 0.2) is 0 Å². The Kier molecular flexibility index (Phi) is 3.25. The van der Waals surface area contributed by atoms with Crippen LogP contribution in [0.4, 0.5) is 5.82 Å². The molecule has 122 valence electrons. The maximum atomic E-state index is 11.6. The first kappa shape index (κ1) is 14.4. The van der Waals surface area contributed by atoms with Gasteiger partial charge in [-0.25, -0.2) is 9.78 Å². The summed E-state index contributed by atoms with van der Waals surface area (Å²) >= 11 is 0. The lowest BCUT2D eigenvalue weighted by atomic mass is 9.67. The summed E-state index contributed by atoms with van der Waals surface area (Å²) in [5, 5.41) is 7.83. The Morgan fingerprint density at radius 1 is 1.39 bits per heavy atom. The van der Waals surface area contributed by atoms with E-state index in [0.29, 0.717) is 17.2 Å². The largest absolute Gasteiger partial charge is 0.463 e. The van der Waals surface area contributed by atoms with Crippen molar-refractivity contribution in [2.45, 2.75) is 51.5 Å². The number of esters is 1. The summed E-state index contributed by atoms with van der Waals surface area (Å²) in [4.78, 5) is 20.2. The lowest BCUT2D eigenvalue weighted by molar-refractivity contribution is 0.0587. The molecule has 2 aromatic rings. The van der Waals surface area contributed by atoms with E-state index in [1.54, 1.807) is 4.52 Å². The zero-order valence-corrected chi connectivity index (χ0v) is 13.5. The molecule has 7 heteroatoms. The van der Waals surface area contributed by atoms with E-state index in [0.717, 1.165) is 11.5 Å². The second-order valence-electron chi connectivity index (χ2n) is 6.86. The molecule has 23 heavy (non-hydrogen) atoms. The Bertz CT molecular complexity index is 765. The number of nitrogens with zero attached hydrogens (tertiary/aromatic N) is 4. The van der Waals surface area contributed by atoms with Crippen molar-refractivity contribution < 1.29 is 9.53 Å². The molecule has 7 nitrogen and oxygen atoms in total. The first-order chi connectivity index (χ1) is 11.1. The number of hydrogen-bond acceptors (Lipinski definition) is 6. The quantitative estimate of drug-likeness (QED) is 0.876. The van der Waals surface area contributed by atoms with Gasteiger partial charge in [-0.3, -0.25) is 0 Å². The lowest BCUT2D eigenvalue weighted by Crippen LogP contribution is -2.28. The Labute approximate surface area is 134 Å². The van der Waals surface area contributed by atoms with Gasteiger partial charge in [0.2, 0.25) is 0 Å². The van der Waals surface area contributed by atoms with Gasteiger partial charge in [0, 0.05) is 17.8 Å². The van der Waals surface area contributed by atoms with Crippen molar-refractivity contribution >= 4 is 17.6 Å². The molecule has 2 fully saturated rings. The highest BCUT2D eigenvalue weighted by molar-refractivity contribution is 5.85. The molecule has 1 unspecified atom stereocenters. The number of rotatable bonds is 3. The average Bonchev–Trinajstić information content (AvgIpc) is 3.10. The topological polar surface area (TPSA) is 81.4 Å². The fourth-order valence-corrected chi connectivity index (χ4v) is 3.94. The normalized spacial score (nSPS) is 22.3. The van der Waals surface area contributed by atoms with Crippen molar-refractivity contribution in [3.63, 3.8) is 0 Å². The van der Waals surface area contributed by atoms with Crippen LogP contribution < -0.4 is 5.32 Å². The van der Waals surface area contributed by atoms with Gasteiger partial charge < -0.3 is 10.1 Å². The predicted octanol–water partition coefficient (Wildman–Crippen LogP) is 2.35. The Morgan fingerprint density at radius 2 is 2.22 bits per heavy atom. The van der Waals surface area contributed by atoms with Crippen molar-refractivity contribution in [2.24, 2.45) is 5.41 Å². The lowest BCUT2D eigenvalue weighted by Gasteiger charge is -2.38. The van der Waals surface area contributed by atoms with E-state index in [-0.39, 0.29) is 5.82 Å². The maximum absolute atomic E-state index is 11.6. The van der Waals surface area contributed by atoms with Gasteiger partial charge in [-0.2, -0.15) is 9.50 Å². The SMILES string of the molecule is COC(=O)c1nc2nc(C)cc(NC3CCC4(CCC4)C3)n2n1. The summed E-state index contributed by atoms with van der Waals surface area (Å²) in [5.74, 6) is 0.754. The summed E-state index contributed by atoms with van der Waals surface area (Å²) in [5.41, 5.74) is 1.43. The van der Waals surface area contributed by atoms with Crippen LogP contribution in [0.15, 0.2) is 6.07 Å². The third-order valence-corrected chi connectivity index (χ3v) is 5.28. The van der Waals surface area contributed by atoms with Crippen molar-refractivity contribution in [1.82, 2.24) is 19.6 Å². The third kappa shape index (κ3) is 2.44. The van der Waals surface area contributed by atoms with E-state index in [2.05, 4.69) is 20.4 Å². The van der Waals surface area contributed by atoms with E-state index in [1.165, 1.54) is 45.6 Å². The Morgan fingerprint density at radius 3 is 2.87 bits per heavy atom. The van der Waals surface area contributed by atoms with Crippen LogP contribution in [-0.4, -0.2) is 38.7 Å². The Hall–Kier alpha value is -2.18. The van der Waals surface area contributed by atoms with Crippen molar-refractivity contribution in [3.05, 3.63) is 17.6 Å². The smallest absolute Gasteiger partial charge is 0.378 e. The minimum absolute atomic E-state index is 0.0375. The molecule has 2 aliphatic carbocycles. The molecule has 0 aliphatic heterocycles. The number of nitrogens with one attached hydrogen (secondary N) is 1. The van der Waals surface area contributed by atoms with Crippen molar-refractivity contribution in [3.8, 4) is 0 Å². The van der Waals surface area contributed by atoms with Crippen molar-refractivity contribution in [1.29, 1.82) is 0 Å². The number of hydrogen-bond donors (Lipinski definition) is 1. The highest BCUT2D eigenvalue weighted by Crippen LogP contribution is 2.53. The fraction of sp³-hybridized carbons (Fsp3) is 0.625. The molecule has 2 heterocycles. The first-order valence-electron chi connectivity index (χ1n) is 8.18. The molecule has 2 saturated carbocycles. The number of methoxy groups -OCH3 is 1. The molecule has 2 aliphatic rings. The molecule has 0 saturated heterocycles. The van der Waals surface area contributed by atoms with E-state index < -0.39 is 5.97 Å². The highest BCUT2D eigenvalue weighted by atomic mass is 16.5. The standard InChI is InChI=1S/C16H21N5O2/c1-10-8-12(18-11-4-7-16(9-11)5-3-6-16)21-15(17-10)19-13(20-21)14(22)23-2/h8,11,18H,3-7,9H2,1-2H3. The first-order valence-corrected chi connectivity index (χ1v) is 8.18. The minimum atomic E-state index is -0.548. The molecule has 1 atom stereocenters. The summed E-state index contributed by atoms with van der Waals surface area (Å²) in [6, 6.07) is 2.40. The van der Waals surface area contributed by atoms with Crippen LogP contribution in [0.1, 0.15) is 54.8 Å². The summed E-state index contributed by atoms with van der Waals surface area (Å²) in [6.07, 6.45) is 7.81. The van der Waals surface area contributed by atoms with Crippen LogP contribution in [0.5, 0.6) is 0 Å². The second-order valence-corrected chi connectivity index (χ2v) is 6.86. The average molecular weight is 315 g/mol. The molecular weight excluding hydrogens is 294 g/mol. The van der Waals surface area contributed by atoms with Crippen LogP contribution in [0, 0.1) is 12.3 Å². The zero-order chi connectivity index (χ0) is 16.0. The number of anilines is 1. The number of fused-ring (bicyclic) bond motifs is 1. The monoisotopic (exact) mass is 315 g/mol. The summed E-state index contributed by atoms with van der Waals surface area (Å²) < 4.78 is 6.30. The van der Waals surface area contributed by atoms with Crippen LogP contribution in [-0.2, 0) is 4.74 Å². The van der Waals surface area contributed by atoms with E-state index in [1.807, 2.05) is 13.0 Å². The summed E-state index contributed by atoms with van der Waals surface area (Å²) in [6.45, 7) is 1.92. The van der Waals surface area contributed by atoms with Gasteiger partial charge >= 0.3 is 5.97 Å². The zero-order valence-electron chi connectivity index (χ0n) is 13.5. The van der Waals surface area contributed by atoms with Gasteiger partial charge in [-0.15, -0.1) is 5.10 Å². The van der Waals surface area contributed by atoms with E-state index in [9.17, 15) is 4.79 Å². The van der Waals surface area contributed by atoms with Gasteiger partial charge in [0.1, 0.15) is 5.82 Å². The van der Waals surface area contributed by atoms with Gasteiger partial charge in [-0.1, -0.05) is 6.42 Å². The predicted molar refractivity (Wildman–Crippen MR) is 84.4 cm³/mol. The van der Waals surface area contributed by atoms with Crippen LogP contribution >= 0.6 is 0 Å². The number of carbonyl (C=O) groups is 1. The van der Waals surface area contributed by atoms with Crippen LogP contribution in [0.3, 0.4) is 0 Å². The van der Waals surface area contributed by atoms with E-state index in [4.69, 9.17) is 4.74 Å². The molecule has 0 bridgehead atoms. The molecule has 0 amide bonds. The fourth-order valence-electron chi connectivity index (χ4n) is 3.94. The second kappa shape index (κ2) is 5.18. The molecular formula is C16H21N5O2. The van der Waals surface area contributed by atoms with Gasteiger partial charge in [0.05, 0.1) is 7.11 Å². The van der Waals surface area contributed by atoms with Crippen LogP contribution in [0.2, 0.25) is 0 Å². The van der Waals surface area contributed by atoms with Crippen LogP contribution in [0.25, 0.3) is 5.78 Å². The van der Waals surface area contributed by atoms with Crippen molar-refractivity contribution in [2.75, 3.05) is 12.4 Å². The maximum Gasteiger partial charge on any atom is 0.378 e. The molecule has 4 rings (SSSR count). The Balaban J connectivity index is 1.63. The molecule has 1 spiro atoms. The van der Waals surface area contributed by atoms with E-state index >= 15 is 0 Å². The molecule has 1 N–H and O–H groups in total. The molecule has 0 radical (unpaired) electrons. The summed E-state index contributed by atoms with van der Waals surface area (Å²) in [7, 11) is 1.32. The highest BCUT2D eigenvalue weighted by Gasteiger charge is 2.43.